The smallest absolute Gasteiger partial charge is 0.218 e. The van der Waals surface area contributed by atoms with Crippen LogP contribution in [0.3, 0.4) is 0 Å². The van der Waals surface area contributed by atoms with Crippen molar-refractivity contribution in [2.75, 3.05) is 26.9 Å². The second kappa shape index (κ2) is 13.3. The second-order valence-corrected chi connectivity index (χ2v) is 5.78. The summed E-state index contributed by atoms with van der Waals surface area (Å²) in [4.78, 5) is 8.98. The Labute approximate surface area is 178 Å². The topological polar surface area (TPSA) is 67.8 Å². The zero-order chi connectivity index (χ0) is 18.6. The van der Waals surface area contributed by atoms with Crippen LogP contribution in [0.4, 0.5) is 0 Å². The number of pyridine rings is 1. The quantitative estimate of drug-likeness (QED) is 0.247. The van der Waals surface area contributed by atoms with E-state index in [-0.39, 0.29) is 30.0 Å². The number of halogens is 1. The van der Waals surface area contributed by atoms with Gasteiger partial charge in [0.15, 0.2) is 5.96 Å². The van der Waals surface area contributed by atoms with E-state index in [4.69, 9.17) is 9.47 Å². The van der Waals surface area contributed by atoms with E-state index in [1.54, 1.807) is 13.3 Å². The van der Waals surface area contributed by atoms with Gasteiger partial charge in [-0.05, 0) is 25.5 Å². The van der Waals surface area contributed by atoms with Crippen LogP contribution < -0.4 is 15.4 Å². The zero-order valence-electron chi connectivity index (χ0n) is 16.1. The summed E-state index contributed by atoms with van der Waals surface area (Å²) in [6, 6.07) is 14.3. The largest absolute Gasteiger partial charge is 0.475 e. The number of ether oxygens (including phenoxy) is 2. The summed E-state index contributed by atoms with van der Waals surface area (Å²) in [6.45, 7) is 6.43. The predicted octanol–water partition coefficient (Wildman–Crippen LogP) is 3.54. The van der Waals surface area contributed by atoms with Crippen molar-refractivity contribution in [3.05, 3.63) is 59.8 Å². The van der Waals surface area contributed by atoms with E-state index in [1.165, 1.54) is 5.56 Å². The van der Waals surface area contributed by atoms with Gasteiger partial charge in [0.05, 0.1) is 19.2 Å². The van der Waals surface area contributed by atoms with Crippen LogP contribution in [0.1, 0.15) is 31.0 Å². The fourth-order valence-electron chi connectivity index (χ4n) is 2.41. The monoisotopic (exact) mass is 484 g/mol. The zero-order valence-corrected chi connectivity index (χ0v) is 18.5. The molecular formula is C20H29IN4O2. The summed E-state index contributed by atoms with van der Waals surface area (Å²) < 4.78 is 10.7. The molecule has 1 heterocycles. The van der Waals surface area contributed by atoms with Crippen LogP contribution >= 0.6 is 24.0 Å². The standard InChI is InChI=1S/C20H28N4O2.HI/c1-4-21-20(24-16(2)17-9-6-5-7-10-17)23-15-18-11-8-12-22-19(18)26-14-13-25-3;/h5-12,16H,4,13-15H2,1-3H3,(H2,21,23,24);1H. The van der Waals surface area contributed by atoms with Crippen molar-refractivity contribution >= 4 is 29.9 Å². The van der Waals surface area contributed by atoms with Crippen molar-refractivity contribution in [2.45, 2.75) is 26.4 Å². The Balaban J connectivity index is 0.00000364. The van der Waals surface area contributed by atoms with Gasteiger partial charge in [0.25, 0.3) is 0 Å². The van der Waals surface area contributed by atoms with E-state index in [2.05, 4.69) is 39.7 Å². The van der Waals surface area contributed by atoms with Gasteiger partial charge in [-0.15, -0.1) is 24.0 Å². The Hall–Kier alpha value is -1.87. The molecule has 27 heavy (non-hydrogen) atoms. The molecule has 7 heteroatoms. The average molecular weight is 484 g/mol. The summed E-state index contributed by atoms with van der Waals surface area (Å²) in [6.07, 6.45) is 1.72. The molecule has 1 unspecified atom stereocenters. The van der Waals surface area contributed by atoms with Crippen molar-refractivity contribution in [2.24, 2.45) is 4.99 Å². The SMILES string of the molecule is CCNC(=NCc1cccnc1OCCOC)NC(C)c1ccccc1.I. The number of hydrogen-bond donors (Lipinski definition) is 2. The molecule has 0 aliphatic carbocycles. The molecule has 0 saturated carbocycles. The molecule has 6 nitrogen and oxygen atoms in total. The molecule has 2 aromatic rings. The van der Waals surface area contributed by atoms with Crippen molar-refractivity contribution in [1.82, 2.24) is 15.6 Å². The van der Waals surface area contributed by atoms with E-state index in [9.17, 15) is 0 Å². The lowest BCUT2D eigenvalue weighted by molar-refractivity contribution is 0.143. The molecule has 0 aliphatic rings. The fraction of sp³-hybridized carbons (Fsp3) is 0.400. The molecule has 0 radical (unpaired) electrons. The predicted molar refractivity (Wildman–Crippen MR) is 120 cm³/mol. The molecular weight excluding hydrogens is 455 g/mol. The van der Waals surface area contributed by atoms with Gasteiger partial charge in [0, 0.05) is 25.4 Å². The Morgan fingerprint density at radius 2 is 1.93 bits per heavy atom. The molecule has 2 rings (SSSR count). The highest BCUT2D eigenvalue weighted by atomic mass is 127. The van der Waals surface area contributed by atoms with Gasteiger partial charge in [-0.1, -0.05) is 36.4 Å². The molecule has 148 valence electrons. The first kappa shape index (κ1) is 23.2. The maximum Gasteiger partial charge on any atom is 0.218 e. The maximum atomic E-state index is 5.67. The molecule has 0 saturated heterocycles. The van der Waals surface area contributed by atoms with Gasteiger partial charge in [0.2, 0.25) is 5.88 Å². The Morgan fingerprint density at radius 1 is 1.15 bits per heavy atom. The number of methoxy groups -OCH3 is 1. The number of rotatable bonds is 9. The first-order valence-corrected chi connectivity index (χ1v) is 8.90. The van der Waals surface area contributed by atoms with Gasteiger partial charge in [0.1, 0.15) is 6.61 Å². The Morgan fingerprint density at radius 3 is 2.63 bits per heavy atom. The second-order valence-electron chi connectivity index (χ2n) is 5.78. The van der Waals surface area contributed by atoms with Crippen molar-refractivity contribution in [3.8, 4) is 5.88 Å². The van der Waals surface area contributed by atoms with Gasteiger partial charge in [-0.2, -0.15) is 0 Å². The van der Waals surface area contributed by atoms with Gasteiger partial charge < -0.3 is 20.1 Å². The molecule has 2 N–H and O–H groups in total. The molecule has 1 aromatic heterocycles. The van der Waals surface area contributed by atoms with Crippen LogP contribution in [0.2, 0.25) is 0 Å². The Kier molecular flexibility index (Phi) is 11.4. The molecule has 0 fully saturated rings. The maximum absolute atomic E-state index is 5.67. The van der Waals surface area contributed by atoms with Crippen molar-refractivity contribution in [3.63, 3.8) is 0 Å². The molecule has 0 bridgehead atoms. The minimum Gasteiger partial charge on any atom is -0.475 e. The van der Waals surface area contributed by atoms with E-state index in [0.717, 1.165) is 18.1 Å². The van der Waals surface area contributed by atoms with Crippen LogP contribution in [0.5, 0.6) is 5.88 Å². The van der Waals surface area contributed by atoms with Gasteiger partial charge in [-0.25, -0.2) is 9.98 Å². The fourth-order valence-corrected chi connectivity index (χ4v) is 2.41. The van der Waals surface area contributed by atoms with Gasteiger partial charge in [-0.3, -0.25) is 0 Å². The number of nitrogens with zero attached hydrogens (tertiary/aromatic N) is 2. The van der Waals surface area contributed by atoms with Crippen LogP contribution in [0.25, 0.3) is 0 Å². The summed E-state index contributed by atoms with van der Waals surface area (Å²) in [5.41, 5.74) is 2.15. The molecule has 0 amide bonds. The number of hydrogen-bond acceptors (Lipinski definition) is 4. The molecule has 0 spiro atoms. The van der Waals surface area contributed by atoms with Crippen LogP contribution in [-0.4, -0.2) is 37.8 Å². The third-order valence-electron chi connectivity index (χ3n) is 3.78. The lowest BCUT2D eigenvalue weighted by Gasteiger charge is -2.18. The molecule has 0 aliphatic heterocycles. The number of guanidine groups is 1. The molecule has 1 aromatic carbocycles. The number of nitrogens with one attached hydrogen (secondary N) is 2. The van der Waals surface area contributed by atoms with Crippen LogP contribution in [0, 0.1) is 0 Å². The van der Waals surface area contributed by atoms with E-state index >= 15 is 0 Å². The first-order valence-electron chi connectivity index (χ1n) is 8.90. The van der Waals surface area contributed by atoms with Gasteiger partial charge >= 0.3 is 0 Å². The lowest BCUT2D eigenvalue weighted by Crippen LogP contribution is -2.38. The lowest BCUT2D eigenvalue weighted by atomic mass is 10.1. The highest BCUT2D eigenvalue weighted by Crippen LogP contribution is 2.16. The third-order valence-corrected chi connectivity index (χ3v) is 3.78. The minimum atomic E-state index is 0. The number of aromatic nitrogens is 1. The van der Waals surface area contributed by atoms with Crippen LogP contribution in [-0.2, 0) is 11.3 Å². The number of benzene rings is 1. The van der Waals surface area contributed by atoms with Crippen molar-refractivity contribution < 1.29 is 9.47 Å². The summed E-state index contributed by atoms with van der Waals surface area (Å²) >= 11 is 0. The highest BCUT2D eigenvalue weighted by Gasteiger charge is 2.08. The normalized spacial score (nSPS) is 12.0. The van der Waals surface area contributed by atoms with E-state index in [1.807, 2.05) is 37.3 Å². The van der Waals surface area contributed by atoms with Crippen LogP contribution in [0.15, 0.2) is 53.7 Å². The first-order chi connectivity index (χ1) is 12.7. The summed E-state index contributed by atoms with van der Waals surface area (Å²) in [7, 11) is 1.65. The summed E-state index contributed by atoms with van der Waals surface area (Å²) in [5, 5.41) is 6.72. The Bertz CT molecular complexity index is 683. The third kappa shape index (κ3) is 8.13. The average Bonchev–Trinajstić information content (AvgIpc) is 2.68. The van der Waals surface area contributed by atoms with E-state index in [0.29, 0.717) is 25.6 Å². The highest BCUT2D eigenvalue weighted by molar-refractivity contribution is 14.0. The van der Waals surface area contributed by atoms with Crippen molar-refractivity contribution in [1.29, 1.82) is 0 Å². The molecule has 1 atom stereocenters. The number of aliphatic imine (C=N–C) groups is 1. The summed E-state index contributed by atoms with van der Waals surface area (Å²) in [5.74, 6) is 1.36. The van der Waals surface area contributed by atoms with E-state index < -0.39 is 0 Å². The minimum absolute atomic E-state index is 0.